The summed E-state index contributed by atoms with van der Waals surface area (Å²) in [6, 6.07) is 23.4. The second kappa shape index (κ2) is 12.6. The molecule has 0 aliphatic heterocycles. The summed E-state index contributed by atoms with van der Waals surface area (Å²) in [5.74, 6) is -0.0611. The van der Waals surface area contributed by atoms with Crippen LogP contribution in [0.1, 0.15) is 24.1 Å². The third-order valence-electron chi connectivity index (χ3n) is 5.94. The van der Waals surface area contributed by atoms with Crippen molar-refractivity contribution in [1.82, 2.24) is 25.2 Å². The first-order valence-electron chi connectivity index (χ1n) is 12.2. The van der Waals surface area contributed by atoms with Crippen molar-refractivity contribution in [1.29, 1.82) is 0 Å². The number of hydrogen-bond donors (Lipinski definition) is 1. The Morgan fingerprint density at radius 1 is 1.00 bits per heavy atom. The van der Waals surface area contributed by atoms with Gasteiger partial charge in [-0.25, -0.2) is 4.68 Å². The molecule has 9 nitrogen and oxygen atoms in total. The molecule has 4 aromatic rings. The highest BCUT2D eigenvalue weighted by Gasteiger charge is 2.33. The molecule has 2 amide bonds. The molecule has 0 aliphatic rings. The van der Waals surface area contributed by atoms with Gasteiger partial charge in [-0.3, -0.25) is 9.59 Å². The smallest absolute Gasteiger partial charge is 0.247 e. The van der Waals surface area contributed by atoms with Crippen LogP contribution >= 0.6 is 0 Å². The summed E-state index contributed by atoms with van der Waals surface area (Å²) in [5, 5.41) is 11.3. The lowest BCUT2D eigenvalue weighted by Crippen LogP contribution is -2.46. The number of nitrogens with one attached hydrogen (secondary N) is 1. The Balaban J connectivity index is 1.68. The Hall–Kier alpha value is -4.24. The second-order valence-electron chi connectivity index (χ2n) is 8.39. The summed E-state index contributed by atoms with van der Waals surface area (Å²) in [4.78, 5) is 29.1. The minimum absolute atomic E-state index is 0.0799. The molecule has 0 fully saturated rings. The van der Waals surface area contributed by atoms with Crippen molar-refractivity contribution < 1.29 is 19.1 Å². The predicted molar refractivity (Wildman–Crippen MR) is 140 cm³/mol. The van der Waals surface area contributed by atoms with Crippen molar-refractivity contribution in [2.75, 3.05) is 26.9 Å². The first-order valence-corrected chi connectivity index (χ1v) is 12.2. The Morgan fingerprint density at radius 2 is 1.73 bits per heavy atom. The van der Waals surface area contributed by atoms with E-state index in [4.69, 9.17) is 9.47 Å². The van der Waals surface area contributed by atoms with Crippen LogP contribution in [0.3, 0.4) is 0 Å². The van der Waals surface area contributed by atoms with Crippen molar-refractivity contribution in [2.24, 2.45) is 0 Å². The van der Waals surface area contributed by atoms with Crippen LogP contribution in [0, 0.1) is 0 Å². The van der Waals surface area contributed by atoms with Crippen molar-refractivity contribution in [3.05, 3.63) is 90.0 Å². The Bertz CT molecular complexity index is 1320. The van der Waals surface area contributed by atoms with Crippen molar-refractivity contribution >= 4 is 22.8 Å². The minimum Gasteiger partial charge on any atom is -0.494 e. The van der Waals surface area contributed by atoms with Gasteiger partial charge in [0, 0.05) is 25.8 Å². The zero-order chi connectivity index (χ0) is 26.0. The van der Waals surface area contributed by atoms with E-state index in [-0.39, 0.29) is 31.5 Å². The average molecular weight is 502 g/mol. The third kappa shape index (κ3) is 6.31. The Morgan fingerprint density at radius 3 is 2.51 bits per heavy atom. The van der Waals surface area contributed by atoms with Crippen molar-refractivity contribution in [3.8, 4) is 5.75 Å². The maximum atomic E-state index is 13.8. The molecule has 0 spiro atoms. The normalized spacial score (nSPS) is 11.7. The van der Waals surface area contributed by atoms with Crippen LogP contribution in [0.2, 0.25) is 0 Å². The molecule has 1 atom stereocenters. The highest BCUT2D eigenvalue weighted by Crippen LogP contribution is 2.30. The van der Waals surface area contributed by atoms with E-state index in [0.717, 1.165) is 11.1 Å². The van der Waals surface area contributed by atoms with Crippen LogP contribution in [-0.4, -0.2) is 58.6 Å². The molecule has 192 valence electrons. The lowest BCUT2D eigenvalue weighted by molar-refractivity contribution is -0.142. The van der Waals surface area contributed by atoms with Crippen LogP contribution < -0.4 is 10.1 Å². The average Bonchev–Trinajstić information content (AvgIpc) is 3.33. The van der Waals surface area contributed by atoms with Gasteiger partial charge < -0.3 is 19.7 Å². The summed E-state index contributed by atoms with van der Waals surface area (Å²) in [5.41, 5.74) is 2.99. The van der Waals surface area contributed by atoms with Crippen LogP contribution in [0.5, 0.6) is 5.75 Å². The molecule has 9 heteroatoms. The first kappa shape index (κ1) is 25.8. The van der Waals surface area contributed by atoms with Crippen LogP contribution in [0.25, 0.3) is 11.0 Å². The molecule has 0 saturated carbocycles. The van der Waals surface area contributed by atoms with E-state index in [1.807, 2.05) is 79.7 Å². The van der Waals surface area contributed by atoms with Gasteiger partial charge in [0.25, 0.3) is 0 Å². The van der Waals surface area contributed by atoms with E-state index < -0.39 is 6.04 Å². The van der Waals surface area contributed by atoms with E-state index in [2.05, 4.69) is 15.6 Å². The van der Waals surface area contributed by atoms with E-state index in [1.165, 1.54) is 4.90 Å². The van der Waals surface area contributed by atoms with Crippen LogP contribution in [0.15, 0.2) is 78.9 Å². The molecule has 1 heterocycles. The monoisotopic (exact) mass is 501 g/mol. The summed E-state index contributed by atoms with van der Waals surface area (Å²) in [6.45, 7) is 3.00. The molecule has 37 heavy (non-hydrogen) atoms. The lowest BCUT2D eigenvalue weighted by Gasteiger charge is -2.32. The number of carbonyl (C=O) groups excluding carboxylic acids is 2. The molecule has 0 saturated heterocycles. The van der Waals surface area contributed by atoms with Gasteiger partial charge in [0.05, 0.1) is 18.7 Å². The molecule has 0 radical (unpaired) electrons. The third-order valence-corrected chi connectivity index (χ3v) is 5.94. The summed E-state index contributed by atoms with van der Waals surface area (Å²) in [7, 11) is 1.56. The number of ether oxygens (including phenoxy) is 2. The minimum atomic E-state index is -0.941. The number of para-hydroxylation sites is 2. The number of methoxy groups -OCH3 is 1. The fourth-order valence-electron chi connectivity index (χ4n) is 4.17. The van der Waals surface area contributed by atoms with Gasteiger partial charge in [-0.2, -0.15) is 0 Å². The van der Waals surface area contributed by atoms with Crippen molar-refractivity contribution in [2.45, 2.75) is 26.1 Å². The summed E-state index contributed by atoms with van der Waals surface area (Å²) < 4.78 is 12.7. The standard InChI is InChI=1S/C28H31N5O4/c1-3-37-25-16-10-7-13-22(25)27(28(35)29-19-21-11-5-4-6-12-21)32(17-18-36-2)26(34)20-33-24-15-9-8-14-23(24)30-31-33/h4-16,27H,3,17-20H2,1-2H3,(H,29,35). The molecule has 1 unspecified atom stereocenters. The van der Waals surface area contributed by atoms with E-state index >= 15 is 0 Å². The van der Waals surface area contributed by atoms with Gasteiger partial charge in [-0.05, 0) is 30.7 Å². The number of carbonyl (C=O) groups is 2. The quantitative estimate of drug-likeness (QED) is 0.320. The molecular weight excluding hydrogens is 470 g/mol. The van der Waals surface area contributed by atoms with E-state index in [9.17, 15) is 9.59 Å². The van der Waals surface area contributed by atoms with Gasteiger partial charge in [-0.1, -0.05) is 65.9 Å². The molecule has 1 N–H and O–H groups in total. The fraction of sp³-hybridized carbons (Fsp3) is 0.286. The maximum absolute atomic E-state index is 13.8. The zero-order valence-electron chi connectivity index (χ0n) is 21.0. The van der Waals surface area contributed by atoms with E-state index in [0.29, 0.717) is 30.0 Å². The first-order chi connectivity index (χ1) is 18.1. The SMILES string of the molecule is CCOc1ccccc1C(C(=O)NCc1ccccc1)N(CCOC)C(=O)Cn1nnc2ccccc21. The number of fused-ring (bicyclic) bond motifs is 1. The molecule has 4 rings (SSSR count). The van der Waals surface area contributed by atoms with Crippen LogP contribution in [0.4, 0.5) is 0 Å². The maximum Gasteiger partial charge on any atom is 0.247 e. The van der Waals surface area contributed by atoms with Crippen molar-refractivity contribution in [3.63, 3.8) is 0 Å². The van der Waals surface area contributed by atoms with Gasteiger partial charge >= 0.3 is 0 Å². The zero-order valence-corrected chi connectivity index (χ0v) is 21.0. The summed E-state index contributed by atoms with van der Waals surface area (Å²) >= 11 is 0. The van der Waals surface area contributed by atoms with Crippen LogP contribution in [-0.2, 0) is 27.4 Å². The van der Waals surface area contributed by atoms with Gasteiger partial charge in [0.15, 0.2) is 0 Å². The largest absolute Gasteiger partial charge is 0.494 e. The molecular formula is C28H31N5O4. The fourth-order valence-corrected chi connectivity index (χ4v) is 4.17. The second-order valence-corrected chi connectivity index (χ2v) is 8.39. The molecule has 0 bridgehead atoms. The number of hydrogen-bond acceptors (Lipinski definition) is 6. The van der Waals surface area contributed by atoms with Gasteiger partial charge in [0.1, 0.15) is 23.9 Å². The number of benzene rings is 3. The molecule has 3 aromatic carbocycles. The number of nitrogens with zero attached hydrogens (tertiary/aromatic N) is 4. The Labute approximate surface area is 216 Å². The topological polar surface area (TPSA) is 98.6 Å². The molecule has 1 aromatic heterocycles. The highest BCUT2D eigenvalue weighted by atomic mass is 16.5. The number of rotatable bonds is 12. The van der Waals surface area contributed by atoms with Gasteiger partial charge in [-0.15, -0.1) is 5.10 Å². The lowest BCUT2D eigenvalue weighted by atomic mass is 10.0. The molecule has 0 aliphatic carbocycles. The Kier molecular flexibility index (Phi) is 8.83. The number of aromatic nitrogens is 3. The van der Waals surface area contributed by atoms with Gasteiger partial charge in [0.2, 0.25) is 11.8 Å². The highest BCUT2D eigenvalue weighted by molar-refractivity contribution is 5.89. The predicted octanol–water partition coefficient (Wildman–Crippen LogP) is 3.36. The number of amides is 2. The summed E-state index contributed by atoms with van der Waals surface area (Å²) in [6.07, 6.45) is 0. The van der Waals surface area contributed by atoms with E-state index in [1.54, 1.807) is 17.9 Å².